The summed E-state index contributed by atoms with van der Waals surface area (Å²) in [6, 6.07) is 3.79. The van der Waals surface area contributed by atoms with Crippen molar-refractivity contribution in [2.75, 3.05) is 40.6 Å². The molecule has 0 saturated heterocycles. The van der Waals surface area contributed by atoms with Crippen LogP contribution in [0.1, 0.15) is 38.8 Å². The minimum absolute atomic E-state index is 0.168. The zero-order valence-electron chi connectivity index (χ0n) is 16.8. The van der Waals surface area contributed by atoms with Gasteiger partial charge in [0, 0.05) is 19.8 Å². The van der Waals surface area contributed by atoms with Crippen LogP contribution in [0, 0.1) is 5.41 Å². The van der Waals surface area contributed by atoms with Crippen molar-refractivity contribution >= 4 is 5.97 Å². The lowest BCUT2D eigenvalue weighted by molar-refractivity contribution is -0.154. The van der Waals surface area contributed by atoms with Crippen molar-refractivity contribution in [3.63, 3.8) is 0 Å². The third-order valence-corrected chi connectivity index (χ3v) is 3.65. The summed E-state index contributed by atoms with van der Waals surface area (Å²) in [6.45, 7) is 9.55. The van der Waals surface area contributed by atoms with Gasteiger partial charge < -0.3 is 23.7 Å². The summed E-state index contributed by atoms with van der Waals surface area (Å²) in [5, 5.41) is 0. The van der Waals surface area contributed by atoms with Crippen molar-refractivity contribution in [3.05, 3.63) is 23.3 Å². The molecule has 0 bridgehead atoms. The van der Waals surface area contributed by atoms with Gasteiger partial charge in [-0.05, 0) is 44.9 Å². The molecule has 0 unspecified atom stereocenters. The molecule has 1 aromatic rings. The molecule has 0 aliphatic heterocycles. The monoisotopic (exact) mass is 368 g/mol. The summed E-state index contributed by atoms with van der Waals surface area (Å²) in [5.74, 6) is 1.20. The fourth-order valence-electron chi connectivity index (χ4n) is 2.20. The minimum atomic E-state index is -0.543. The molecule has 0 aliphatic carbocycles. The van der Waals surface area contributed by atoms with Crippen LogP contribution in [0.2, 0.25) is 0 Å². The van der Waals surface area contributed by atoms with Crippen molar-refractivity contribution in [2.24, 2.45) is 5.41 Å². The number of rotatable bonds is 11. The molecule has 0 aromatic heterocycles. The standard InChI is InChI=1S/C20H32O6/c1-7-16-17(24-10-8-22-5)12-15(13-18(16)25-11-9-23-6)14-26-19(21)20(2,3)4/h12-13H,7-11,14H2,1-6H3. The lowest BCUT2D eigenvalue weighted by Gasteiger charge is -2.19. The van der Waals surface area contributed by atoms with Crippen molar-refractivity contribution in [2.45, 2.75) is 40.7 Å². The van der Waals surface area contributed by atoms with Gasteiger partial charge in [0.25, 0.3) is 0 Å². The molecule has 0 heterocycles. The summed E-state index contributed by atoms with van der Waals surface area (Å²) in [7, 11) is 3.26. The highest BCUT2D eigenvalue weighted by Crippen LogP contribution is 2.32. The molecule has 0 spiro atoms. The van der Waals surface area contributed by atoms with Gasteiger partial charge in [0.1, 0.15) is 31.3 Å². The largest absolute Gasteiger partial charge is 0.491 e. The fraction of sp³-hybridized carbons (Fsp3) is 0.650. The molecule has 0 fully saturated rings. The maximum atomic E-state index is 12.0. The maximum Gasteiger partial charge on any atom is 0.311 e. The molecule has 0 atom stereocenters. The molecule has 0 amide bonds. The first-order valence-electron chi connectivity index (χ1n) is 8.90. The first-order valence-corrected chi connectivity index (χ1v) is 8.90. The molecule has 26 heavy (non-hydrogen) atoms. The molecule has 0 radical (unpaired) electrons. The van der Waals surface area contributed by atoms with Crippen LogP contribution in [-0.4, -0.2) is 46.6 Å². The Morgan fingerprint density at radius 2 is 1.42 bits per heavy atom. The van der Waals surface area contributed by atoms with Gasteiger partial charge in [0.2, 0.25) is 0 Å². The highest BCUT2D eigenvalue weighted by atomic mass is 16.5. The Balaban J connectivity index is 3.01. The van der Waals surface area contributed by atoms with Gasteiger partial charge in [-0.3, -0.25) is 4.79 Å². The Morgan fingerprint density at radius 1 is 0.923 bits per heavy atom. The molecule has 1 aromatic carbocycles. The lowest BCUT2D eigenvalue weighted by atomic mass is 9.97. The normalized spacial score (nSPS) is 11.3. The molecule has 0 saturated carbocycles. The molecule has 1 rings (SSSR count). The van der Waals surface area contributed by atoms with Gasteiger partial charge in [-0.2, -0.15) is 0 Å². The Hall–Kier alpha value is -1.79. The second-order valence-electron chi connectivity index (χ2n) is 6.93. The van der Waals surface area contributed by atoms with Gasteiger partial charge in [-0.1, -0.05) is 6.92 Å². The summed E-state index contributed by atoms with van der Waals surface area (Å²) in [4.78, 5) is 12.0. The summed E-state index contributed by atoms with van der Waals surface area (Å²) in [5.41, 5.74) is 1.25. The van der Waals surface area contributed by atoms with E-state index in [1.165, 1.54) is 0 Å². The first-order chi connectivity index (χ1) is 12.3. The Morgan fingerprint density at radius 3 is 1.81 bits per heavy atom. The molecular formula is C20H32O6. The predicted octanol–water partition coefficient (Wildman–Crippen LogP) is 3.39. The summed E-state index contributed by atoms with van der Waals surface area (Å²) >= 11 is 0. The SMILES string of the molecule is CCc1c(OCCOC)cc(COC(=O)C(C)(C)C)cc1OCCOC. The lowest BCUT2D eigenvalue weighted by Crippen LogP contribution is -2.22. The first kappa shape index (κ1) is 22.3. The molecule has 6 heteroatoms. The van der Waals surface area contributed by atoms with Crippen molar-refractivity contribution in [1.29, 1.82) is 0 Å². The van der Waals surface area contributed by atoms with E-state index in [0.29, 0.717) is 26.4 Å². The smallest absolute Gasteiger partial charge is 0.311 e. The van der Waals surface area contributed by atoms with E-state index < -0.39 is 5.41 Å². The van der Waals surface area contributed by atoms with E-state index in [2.05, 4.69) is 0 Å². The van der Waals surface area contributed by atoms with E-state index in [0.717, 1.165) is 29.0 Å². The Labute approximate surface area is 156 Å². The zero-order valence-corrected chi connectivity index (χ0v) is 16.8. The van der Waals surface area contributed by atoms with Crippen LogP contribution in [0.3, 0.4) is 0 Å². The zero-order chi connectivity index (χ0) is 19.6. The van der Waals surface area contributed by atoms with Crippen LogP contribution in [0.15, 0.2) is 12.1 Å². The van der Waals surface area contributed by atoms with Gasteiger partial charge in [-0.15, -0.1) is 0 Å². The number of benzene rings is 1. The van der Waals surface area contributed by atoms with E-state index in [9.17, 15) is 4.79 Å². The molecule has 0 aliphatic rings. The van der Waals surface area contributed by atoms with E-state index in [4.69, 9.17) is 23.7 Å². The van der Waals surface area contributed by atoms with E-state index >= 15 is 0 Å². The fourth-order valence-corrected chi connectivity index (χ4v) is 2.20. The predicted molar refractivity (Wildman–Crippen MR) is 99.8 cm³/mol. The van der Waals surface area contributed by atoms with Crippen LogP contribution in [0.25, 0.3) is 0 Å². The topological polar surface area (TPSA) is 63.2 Å². The highest BCUT2D eigenvalue weighted by molar-refractivity contribution is 5.75. The number of carbonyl (C=O) groups excluding carboxylic acids is 1. The summed E-state index contributed by atoms with van der Waals surface area (Å²) in [6.07, 6.45) is 0.757. The molecular weight excluding hydrogens is 336 g/mol. The number of carbonyl (C=O) groups is 1. The Bertz CT molecular complexity index is 531. The van der Waals surface area contributed by atoms with E-state index in [1.54, 1.807) is 14.2 Å². The van der Waals surface area contributed by atoms with Gasteiger partial charge in [0.15, 0.2) is 0 Å². The number of ether oxygens (including phenoxy) is 5. The van der Waals surface area contributed by atoms with Crippen molar-refractivity contribution < 1.29 is 28.5 Å². The Kier molecular flexibility index (Phi) is 9.44. The molecule has 0 N–H and O–H groups in total. The number of hydrogen-bond donors (Lipinski definition) is 0. The van der Waals surface area contributed by atoms with Crippen LogP contribution in [-0.2, 0) is 32.0 Å². The number of methoxy groups -OCH3 is 2. The summed E-state index contributed by atoms with van der Waals surface area (Å²) < 4.78 is 27.2. The molecule has 148 valence electrons. The average Bonchev–Trinajstić information content (AvgIpc) is 2.59. The quantitative estimate of drug-likeness (QED) is 0.441. The van der Waals surface area contributed by atoms with Crippen molar-refractivity contribution in [3.8, 4) is 11.5 Å². The van der Waals surface area contributed by atoms with Crippen LogP contribution in [0.5, 0.6) is 11.5 Å². The average molecular weight is 368 g/mol. The van der Waals surface area contributed by atoms with Gasteiger partial charge in [-0.25, -0.2) is 0 Å². The van der Waals surface area contributed by atoms with Gasteiger partial charge in [0.05, 0.1) is 18.6 Å². The molecule has 6 nitrogen and oxygen atoms in total. The van der Waals surface area contributed by atoms with Crippen LogP contribution >= 0.6 is 0 Å². The van der Waals surface area contributed by atoms with Crippen LogP contribution in [0.4, 0.5) is 0 Å². The minimum Gasteiger partial charge on any atom is -0.491 e. The number of hydrogen-bond acceptors (Lipinski definition) is 6. The highest BCUT2D eigenvalue weighted by Gasteiger charge is 2.23. The maximum absolute atomic E-state index is 12.0. The third-order valence-electron chi connectivity index (χ3n) is 3.65. The van der Waals surface area contributed by atoms with Gasteiger partial charge >= 0.3 is 5.97 Å². The second-order valence-corrected chi connectivity index (χ2v) is 6.93. The van der Waals surface area contributed by atoms with E-state index in [-0.39, 0.29) is 12.6 Å². The van der Waals surface area contributed by atoms with Crippen molar-refractivity contribution in [1.82, 2.24) is 0 Å². The third kappa shape index (κ3) is 7.22. The number of esters is 1. The van der Waals surface area contributed by atoms with Crippen LogP contribution < -0.4 is 9.47 Å². The second kappa shape index (κ2) is 11.0. The van der Waals surface area contributed by atoms with E-state index in [1.807, 2.05) is 39.8 Å².